The Balaban J connectivity index is 0.730. The van der Waals surface area contributed by atoms with Gasteiger partial charge in [-0.25, -0.2) is 18.3 Å². The maximum atomic E-state index is 15.3. The Morgan fingerprint density at radius 2 is 1.36 bits per heavy atom. The average Bonchev–Trinajstić information content (AvgIpc) is 3.28. The van der Waals surface area contributed by atoms with Gasteiger partial charge >= 0.3 is 0 Å². The average molecular weight is 832 g/mol. The number of piperidine rings is 2. The van der Waals surface area contributed by atoms with Crippen LogP contribution in [-0.2, 0) is 11.2 Å². The number of amides is 3. The number of aromatic nitrogens is 2. The number of piperazine rings is 2. The van der Waals surface area contributed by atoms with E-state index in [1.165, 1.54) is 18.2 Å². The summed E-state index contributed by atoms with van der Waals surface area (Å²) in [6, 6.07) is 23.0. The van der Waals surface area contributed by atoms with Crippen LogP contribution < -0.4 is 5.56 Å². The molecule has 4 aliphatic heterocycles. The largest absolute Gasteiger partial charge is 0.338 e. The fourth-order valence-electron chi connectivity index (χ4n) is 9.85. The first-order chi connectivity index (χ1) is 29.6. The lowest BCUT2D eigenvalue weighted by atomic mass is 9.71. The summed E-state index contributed by atoms with van der Waals surface area (Å²) in [7, 11) is 0. The number of carbonyl (C=O) groups is 3. The molecule has 1 saturated carbocycles. The third-order valence-electron chi connectivity index (χ3n) is 13.3. The van der Waals surface area contributed by atoms with Gasteiger partial charge < -0.3 is 19.6 Å². The van der Waals surface area contributed by atoms with Crippen molar-refractivity contribution in [2.75, 3.05) is 72.0 Å². The molecule has 1 unspecified atom stereocenters. The Labute approximate surface area is 351 Å². The van der Waals surface area contributed by atoms with Gasteiger partial charge in [-0.1, -0.05) is 54.6 Å². The van der Waals surface area contributed by atoms with Crippen molar-refractivity contribution in [3.8, 4) is 11.1 Å². The van der Waals surface area contributed by atoms with E-state index in [0.29, 0.717) is 78.2 Å². The number of aromatic amines is 1. The smallest absolute Gasteiger partial charge is 0.272 e. The fraction of sp³-hybridized carbons (Fsp3) is 0.383. The second-order valence-corrected chi connectivity index (χ2v) is 16.9. The summed E-state index contributed by atoms with van der Waals surface area (Å²) in [6.07, 6.45) is 2.92. The van der Waals surface area contributed by atoms with Gasteiger partial charge in [-0.3, -0.25) is 24.1 Å². The lowest BCUT2D eigenvalue weighted by molar-refractivity contribution is -0.134. The molecule has 3 atom stereocenters. The molecule has 4 saturated heterocycles. The highest BCUT2D eigenvalue weighted by Gasteiger charge is 2.44. The van der Waals surface area contributed by atoms with Crippen molar-refractivity contribution < 1.29 is 27.6 Å². The van der Waals surface area contributed by atoms with Crippen molar-refractivity contribution in [1.29, 1.82) is 0 Å². The van der Waals surface area contributed by atoms with E-state index in [0.717, 1.165) is 52.0 Å². The SMILES string of the molecule is O=C(CN1CCN(C[C@H]2CC3CC[C@H]2CN3C(=O)c2c(F)cc(-c3ccccc3)cc2F)CC1)N1CCN(C(=O)c2cc(Cc3n[nH]c(=O)c4ccccc34)ccc2F)CC1. The van der Waals surface area contributed by atoms with Crippen LogP contribution in [0, 0.1) is 29.3 Å². The maximum absolute atomic E-state index is 15.3. The van der Waals surface area contributed by atoms with Gasteiger partial charge in [0.2, 0.25) is 5.91 Å². The molecule has 2 bridgehead atoms. The van der Waals surface area contributed by atoms with Crippen LogP contribution in [0.15, 0.2) is 89.7 Å². The molecule has 1 aliphatic carbocycles. The third-order valence-corrected chi connectivity index (χ3v) is 13.3. The van der Waals surface area contributed by atoms with E-state index in [4.69, 9.17) is 0 Å². The Hall–Kier alpha value is -5.86. The predicted octanol–water partition coefficient (Wildman–Crippen LogP) is 5.44. The molecular weight excluding hydrogens is 784 g/mol. The topological polar surface area (TPSA) is 113 Å². The fourth-order valence-corrected chi connectivity index (χ4v) is 9.85. The van der Waals surface area contributed by atoms with E-state index in [9.17, 15) is 19.2 Å². The number of hydrogen-bond donors (Lipinski definition) is 1. The van der Waals surface area contributed by atoms with Gasteiger partial charge in [0.15, 0.2) is 0 Å². The highest BCUT2D eigenvalue weighted by Crippen LogP contribution is 2.41. The van der Waals surface area contributed by atoms with Crippen LogP contribution in [0.2, 0.25) is 0 Å². The number of rotatable bonds is 9. The van der Waals surface area contributed by atoms with E-state index in [1.807, 2.05) is 18.2 Å². The van der Waals surface area contributed by atoms with E-state index in [-0.39, 0.29) is 35.5 Å². The third kappa shape index (κ3) is 8.43. The van der Waals surface area contributed by atoms with Crippen molar-refractivity contribution in [1.82, 2.24) is 34.7 Å². The van der Waals surface area contributed by atoms with Gasteiger partial charge in [-0.2, -0.15) is 5.10 Å². The molecule has 14 heteroatoms. The molecule has 0 spiro atoms. The van der Waals surface area contributed by atoms with Crippen LogP contribution in [-0.4, -0.2) is 130 Å². The summed E-state index contributed by atoms with van der Waals surface area (Å²) in [6.45, 7) is 6.11. The molecule has 61 heavy (non-hydrogen) atoms. The van der Waals surface area contributed by atoms with E-state index >= 15 is 13.2 Å². The Kier molecular flexibility index (Phi) is 11.5. The van der Waals surface area contributed by atoms with Gasteiger partial charge in [0.05, 0.1) is 23.2 Å². The number of benzene rings is 4. The van der Waals surface area contributed by atoms with Crippen molar-refractivity contribution in [2.24, 2.45) is 11.8 Å². The van der Waals surface area contributed by atoms with Gasteiger partial charge in [0.25, 0.3) is 17.4 Å². The zero-order valence-electron chi connectivity index (χ0n) is 33.9. The zero-order chi connectivity index (χ0) is 42.2. The standard InChI is InChI=1S/C47H48F3N7O4/c48-39-13-10-30(23-42-36-8-4-5-9-37(36)45(59)52-51-42)22-38(39)46(60)56-20-18-55(19-21-56)43(58)29-54-16-14-53(15-17-54)27-34-24-35-12-11-32(34)28-57(35)47(61)44-40(49)25-33(26-41(44)50)31-6-2-1-3-7-31/h1-10,13,22,25-26,32,34-35H,11-12,14-21,23-24,27-29H2,(H,52,59)/t32-,34+,35?/m0/s1. The summed E-state index contributed by atoms with van der Waals surface area (Å²) >= 11 is 0. The molecular formula is C47H48F3N7O4. The zero-order valence-corrected chi connectivity index (χ0v) is 33.9. The first-order valence-electron chi connectivity index (χ1n) is 21.2. The first-order valence-corrected chi connectivity index (χ1v) is 21.2. The van der Waals surface area contributed by atoms with Crippen LogP contribution in [0.5, 0.6) is 0 Å². The van der Waals surface area contributed by atoms with Crippen molar-refractivity contribution in [3.63, 3.8) is 0 Å². The minimum absolute atomic E-state index is 0.00582. The summed E-state index contributed by atoms with van der Waals surface area (Å²) in [5.74, 6) is -2.63. The molecule has 5 aromatic rings. The number of hydrogen-bond acceptors (Lipinski definition) is 7. The number of fused-ring (bicyclic) bond motifs is 4. The first kappa shape index (κ1) is 40.5. The molecule has 316 valence electrons. The van der Waals surface area contributed by atoms with Gasteiger partial charge in [-0.15, -0.1) is 0 Å². The van der Waals surface area contributed by atoms with Crippen LogP contribution >= 0.6 is 0 Å². The lowest BCUT2D eigenvalue weighted by Crippen LogP contribution is -2.58. The Bertz CT molecular complexity index is 2500. The maximum Gasteiger partial charge on any atom is 0.272 e. The molecule has 5 fully saturated rings. The second kappa shape index (κ2) is 17.3. The van der Waals surface area contributed by atoms with Crippen molar-refractivity contribution >= 4 is 28.5 Å². The highest BCUT2D eigenvalue weighted by atomic mass is 19.1. The van der Waals surface area contributed by atoms with E-state index in [1.54, 1.807) is 63.2 Å². The Morgan fingerprint density at radius 3 is 2.07 bits per heavy atom. The molecule has 5 aliphatic rings. The number of nitrogens with one attached hydrogen (secondary N) is 1. The molecule has 1 aromatic heterocycles. The normalized spacial score (nSPS) is 21.0. The second-order valence-electron chi connectivity index (χ2n) is 16.9. The number of halogens is 3. The molecule has 0 radical (unpaired) electrons. The van der Waals surface area contributed by atoms with Gasteiger partial charge in [0, 0.05) is 83.3 Å². The highest BCUT2D eigenvalue weighted by molar-refractivity contribution is 5.96. The number of H-pyrrole nitrogens is 1. The molecule has 1 N–H and O–H groups in total. The van der Waals surface area contributed by atoms with Crippen LogP contribution in [0.25, 0.3) is 21.9 Å². The molecule has 11 nitrogen and oxygen atoms in total. The van der Waals surface area contributed by atoms with Crippen LogP contribution in [0.1, 0.15) is 51.2 Å². The minimum atomic E-state index is -0.835. The summed E-state index contributed by atoms with van der Waals surface area (Å²) < 4.78 is 45.7. The molecule has 4 aromatic carbocycles. The summed E-state index contributed by atoms with van der Waals surface area (Å²) in [4.78, 5) is 62.4. The van der Waals surface area contributed by atoms with Crippen LogP contribution in [0.4, 0.5) is 13.2 Å². The predicted molar refractivity (Wildman–Crippen MR) is 224 cm³/mol. The number of nitrogens with zero attached hydrogens (tertiary/aromatic N) is 6. The molecule has 5 heterocycles. The van der Waals surface area contributed by atoms with Gasteiger partial charge in [0.1, 0.15) is 23.0 Å². The summed E-state index contributed by atoms with van der Waals surface area (Å²) in [5, 5.41) is 7.94. The minimum Gasteiger partial charge on any atom is -0.338 e. The summed E-state index contributed by atoms with van der Waals surface area (Å²) in [5.41, 5.74) is 1.58. The monoisotopic (exact) mass is 831 g/mol. The van der Waals surface area contributed by atoms with Crippen LogP contribution in [0.3, 0.4) is 0 Å². The van der Waals surface area contributed by atoms with Crippen molar-refractivity contribution in [3.05, 3.63) is 135 Å². The molecule has 3 amide bonds. The van der Waals surface area contributed by atoms with Gasteiger partial charge in [-0.05, 0) is 78.1 Å². The molecule has 10 rings (SSSR count). The quantitative estimate of drug-likeness (QED) is 0.211. The Morgan fingerprint density at radius 1 is 0.689 bits per heavy atom. The lowest BCUT2D eigenvalue weighted by Gasteiger charge is -2.51. The van der Waals surface area contributed by atoms with E-state index in [2.05, 4.69) is 20.0 Å². The number of carbonyl (C=O) groups excluding carboxylic acids is 3. The van der Waals surface area contributed by atoms with E-state index < -0.39 is 34.8 Å². The van der Waals surface area contributed by atoms with Crippen molar-refractivity contribution in [2.45, 2.75) is 31.7 Å².